The van der Waals surface area contributed by atoms with Gasteiger partial charge in [-0.1, -0.05) is 13.8 Å². The van der Waals surface area contributed by atoms with E-state index in [4.69, 9.17) is 0 Å². The molecule has 0 unspecified atom stereocenters. The minimum Gasteiger partial charge on any atom is -0.340 e. The molecular weight excluding hydrogens is 349 g/mol. The standard InChI is InChI=1S/C19H22FN5O2/c1-11(2)18-23-22-16-5-6-24(7-8-25(16)18)19(27)14-10-17(26)21-15-4-3-12(20)9-13(14)15/h3-4,9,11,14H,5-8,10H2,1-2H3,(H,21,26)/t14-/m1/s1. The molecule has 0 fully saturated rings. The van der Waals surface area contributed by atoms with Gasteiger partial charge in [0.1, 0.15) is 17.5 Å². The molecule has 2 aliphatic rings. The van der Waals surface area contributed by atoms with Crippen LogP contribution in [0.1, 0.15) is 49.3 Å². The van der Waals surface area contributed by atoms with Crippen molar-refractivity contribution in [3.05, 3.63) is 41.2 Å². The number of hydrogen-bond acceptors (Lipinski definition) is 4. The summed E-state index contributed by atoms with van der Waals surface area (Å²) in [6, 6.07) is 4.15. The van der Waals surface area contributed by atoms with E-state index in [9.17, 15) is 14.0 Å². The highest BCUT2D eigenvalue weighted by molar-refractivity contribution is 6.01. The van der Waals surface area contributed by atoms with Crippen LogP contribution in [0.15, 0.2) is 18.2 Å². The Morgan fingerprint density at radius 3 is 2.85 bits per heavy atom. The number of benzene rings is 1. The molecule has 1 atom stereocenters. The van der Waals surface area contributed by atoms with Crippen molar-refractivity contribution >= 4 is 17.5 Å². The molecule has 1 aromatic carbocycles. The second-order valence-electron chi connectivity index (χ2n) is 7.39. The highest BCUT2D eigenvalue weighted by Crippen LogP contribution is 2.34. The van der Waals surface area contributed by atoms with E-state index in [0.29, 0.717) is 37.3 Å². The van der Waals surface area contributed by atoms with E-state index in [1.807, 2.05) is 0 Å². The maximum Gasteiger partial charge on any atom is 0.230 e. The minimum atomic E-state index is -0.655. The zero-order chi connectivity index (χ0) is 19.1. The molecule has 0 saturated heterocycles. The molecule has 142 valence electrons. The van der Waals surface area contributed by atoms with E-state index in [1.165, 1.54) is 18.2 Å². The second kappa shape index (κ2) is 6.75. The first-order chi connectivity index (χ1) is 12.9. The number of halogens is 1. The molecule has 0 bridgehead atoms. The highest BCUT2D eigenvalue weighted by atomic mass is 19.1. The monoisotopic (exact) mass is 371 g/mol. The zero-order valence-electron chi connectivity index (χ0n) is 15.4. The molecule has 3 heterocycles. The van der Waals surface area contributed by atoms with Crippen LogP contribution in [0.2, 0.25) is 0 Å². The van der Waals surface area contributed by atoms with Crippen LogP contribution in [-0.4, -0.2) is 44.6 Å². The summed E-state index contributed by atoms with van der Waals surface area (Å²) in [4.78, 5) is 27.0. The number of carbonyl (C=O) groups is 2. The number of hydrogen-bond donors (Lipinski definition) is 1. The third-order valence-corrected chi connectivity index (χ3v) is 5.23. The Labute approximate surface area is 156 Å². The Hall–Kier alpha value is -2.77. The van der Waals surface area contributed by atoms with Crippen LogP contribution in [0.4, 0.5) is 10.1 Å². The molecule has 2 aromatic rings. The molecule has 0 aliphatic carbocycles. The van der Waals surface area contributed by atoms with Crippen LogP contribution in [0.5, 0.6) is 0 Å². The molecule has 8 heteroatoms. The van der Waals surface area contributed by atoms with E-state index in [2.05, 4.69) is 33.9 Å². The van der Waals surface area contributed by atoms with E-state index in [-0.39, 0.29) is 24.2 Å². The molecule has 2 amide bonds. The Balaban J connectivity index is 1.58. The number of amides is 2. The normalized spacial score (nSPS) is 19.3. The fraction of sp³-hybridized carbons (Fsp3) is 0.474. The average molecular weight is 371 g/mol. The van der Waals surface area contributed by atoms with E-state index in [0.717, 1.165) is 11.6 Å². The Kier molecular flexibility index (Phi) is 4.41. The minimum absolute atomic E-state index is 0.0369. The highest BCUT2D eigenvalue weighted by Gasteiger charge is 2.34. The van der Waals surface area contributed by atoms with Gasteiger partial charge < -0.3 is 14.8 Å². The lowest BCUT2D eigenvalue weighted by atomic mass is 9.89. The molecule has 4 rings (SSSR count). The fourth-order valence-corrected chi connectivity index (χ4v) is 3.87. The summed E-state index contributed by atoms with van der Waals surface area (Å²) in [7, 11) is 0. The summed E-state index contributed by atoms with van der Waals surface area (Å²) in [5.41, 5.74) is 1.06. The van der Waals surface area contributed by atoms with Gasteiger partial charge in [-0.2, -0.15) is 0 Å². The predicted molar refractivity (Wildman–Crippen MR) is 96.8 cm³/mol. The fourth-order valence-electron chi connectivity index (χ4n) is 3.87. The van der Waals surface area contributed by atoms with Gasteiger partial charge in [-0.3, -0.25) is 9.59 Å². The smallest absolute Gasteiger partial charge is 0.230 e. The molecule has 1 aromatic heterocycles. The second-order valence-corrected chi connectivity index (χ2v) is 7.39. The van der Waals surface area contributed by atoms with Crippen molar-refractivity contribution < 1.29 is 14.0 Å². The number of rotatable bonds is 2. The van der Waals surface area contributed by atoms with Gasteiger partial charge >= 0.3 is 0 Å². The predicted octanol–water partition coefficient (Wildman–Crippen LogP) is 2.05. The van der Waals surface area contributed by atoms with Crippen LogP contribution in [-0.2, 0) is 22.6 Å². The first-order valence-electron chi connectivity index (χ1n) is 9.24. The van der Waals surface area contributed by atoms with Crippen molar-refractivity contribution in [2.75, 3.05) is 18.4 Å². The van der Waals surface area contributed by atoms with Crippen LogP contribution in [0.25, 0.3) is 0 Å². The SMILES string of the molecule is CC(C)c1nnc2n1CCN(C(=O)[C@@H]1CC(=O)Nc3ccc(F)cc31)CC2. The molecule has 0 saturated carbocycles. The van der Waals surface area contributed by atoms with Gasteiger partial charge in [0.2, 0.25) is 11.8 Å². The van der Waals surface area contributed by atoms with Crippen LogP contribution >= 0.6 is 0 Å². The number of fused-ring (bicyclic) bond motifs is 2. The van der Waals surface area contributed by atoms with Gasteiger partial charge in [0.05, 0.1) is 5.92 Å². The third kappa shape index (κ3) is 3.20. The van der Waals surface area contributed by atoms with Crippen molar-refractivity contribution in [1.29, 1.82) is 0 Å². The van der Waals surface area contributed by atoms with Crippen LogP contribution < -0.4 is 5.32 Å². The molecular formula is C19H22FN5O2. The third-order valence-electron chi connectivity index (χ3n) is 5.23. The largest absolute Gasteiger partial charge is 0.340 e. The summed E-state index contributed by atoms with van der Waals surface area (Å²) >= 11 is 0. The molecule has 0 radical (unpaired) electrons. The van der Waals surface area contributed by atoms with Crippen LogP contribution in [0, 0.1) is 5.82 Å². The van der Waals surface area contributed by atoms with E-state index in [1.54, 1.807) is 4.90 Å². The maximum atomic E-state index is 13.7. The first-order valence-corrected chi connectivity index (χ1v) is 9.24. The Bertz CT molecular complexity index is 908. The lowest BCUT2D eigenvalue weighted by molar-refractivity contribution is -0.135. The van der Waals surface area contributed by atoms with Crippen molar-refractivity contribution in [3.63, 3.8) is 0 Å². The van der Waals surface area contributed by atoms with E-state index >= 15 is 0 Å². The number of aromatic nitrogens is 3. The van der Waals surface area contributed by atoms with Gasteiger partial charge in [-0.15, -0.1) is 10.2 Å². The quantitative estimate of drug-likeness (QED) is 0.876. The average Bonchev–Trinajstić information content (AvgIpc) is 2.93. The van der Waals surface area contributed by atoms with Gasteiger partial charge in [-0.25, -0.2) is 4.39 Å². The molecule has 2 aliphatic heterocycles. The maximum absolute atomic E-state index is 13.7. The van der Waals surface area contributed by atoms with Crippen molar-refractivity contribution in [2.24, 2.45) is 0 Å². The molecule has 27 heavy (non-hydrogen) atoms. The van der Waals surface area contributed by atoms with Gasteiger partial charge in [0.15, 0.2) is 0 Å². The number of anilines is 1. The Morgan fingerprint density at radius 2 is 2.07 bits per heavy atom. The van der Waals surface area contributed by atoms with Gasteiger partial charge in [-0.05, 0) is 23.8 Å². The van der Waals surface area contributed by atoms with E-state index < -0.39 is 11.7 Å². The van der Waals surface area contributed by atoms with Crippen molar-refractivity contribution in [3.8, 4) is 0 Å². The topological polar surface area (TPSA) is 80.1 Å². The summed E-state index contributed by atoms with van der Waals surface area (Å²) in [6.07, 6.45) is 0.648. The molecule has 1 N–H and O–H groups in total. The zero-order valence-corrected chi connectivity index (χ0v) is 15.4. The summed E-state index contributed by atoms with van der Waals surface area (Å²) in [5, 5.41) is 11.2. The number of nitrogens with zero attached hydrogens (tertiary/aromatic N) is 4. The molecule has 7 nitrogen and oxygen atoms in total. The lowest BCUT2D eigenvalue weighted by Crippen LogP contribution is -2.40. The summed E-state index contributed by atoms with van der Waals surface area (Å²) in [5.74, 6) is 0.628. The van der Waals surface area contributed by atoms with Gasteiger partial charge in [0, 0.05) is 44.1 Å². The van der Waals surface area contributed by atoms with Crippen molar-refractivity contribution in [2.45, 2.75) is 45.1 Å². The Morgan fingerprint density at radius 1 is 1.26 bits per heavy atom. The van der Waals surface area contributed by atoms with Crippen LogP contribution in [0.3, 0.4) is 0 Å². The van der Waals surface area contributed by atoms with Gasteiger partial charge in [0.25, 0.3) is 0 Å². The van der Waals surface area contributed by atoms with Crippen molar-refractivity contribution in [1.82, 2.24) is 19.7 Å². The summed E-state index contributed by atoms with van der Waals surface area (Å²) < 4.78 is 15.8. The molecule has 0 spiro atoms. The number of carbonyl (C=O) groups excluding carboxylic acids is 2. The lowest BCUT2D eigenvalue weighted by Gasteiger charge is -2.30. The number of nitrogens with one attached hydrogen (secondary N) is 1. The first kappa shape index (κ1) is 17.6. The summed E-state index contributed by atoms with van der Waals surface area (Å²) in [6.45, 7) is 5.79.